The molecule has 1 saturated heterocycles. The molecule has 2 atom stereocenters. The standard InChI is InChI=1S/C29H25F2N5OS/c1-2-36-15-17(13-20-22(30)6-5-7-23(20)31)12-19(16-36)32-28(37)18-10-11-24-21(14-18)27(35-34-24)29-33-25-8-3-4-9-26(25)38-29/h2-11,14,17,19H,12-13,15-16H2,1H3,(H-,32,33,34,35,37)/p+1. The Balaban J connectivity index is 1.23. The fraction of sp³-hybridized carbons (Fsp3) is 0.241. The van der Waals surface area contributed by atoms with Crippen molar-refractivity contribution in [1.82, 2.24) is 20.5 Å². The summed E-state index contributed by atoms with van der Waals surface area (Å²) < 4.78 is 31.7. The predicted octanol–water partition coefficient (Wildman–Crippen LogP) is 5.58. The molecule has 3 aromatic carbocycles. The van der Waals surface area contributed by atoms with Crippen LogP contribution in [0.3, 0.4) is 0 Å². The van der Waals surface area contributed by atoms with Crippen LogP contribution in [-0.2, 0) is 6.42 Å². The van der Waals surface area contributed by atoms with E-state index in [-0.39, 0.29) is 29.9 Å². The Kier molecular flexibility index (Phi) is 6.45. The molecule has 1 amide bonds. The fourth-order valence-corrected chi connectivity index (χ4v) is 6.25. The normalized spacial score (nSPS) is 18.9. The summed E-state index contributed by atoms with van der Waals surface area (Å²) >= 11 is 1.56. The van der Waals surface area contributed by atoms with Crippen molar-refractivity contribution in [3.63, 3.8) is 0 Å². The maximum Gasteiger partial charge on any atom is 0.251 e. The van der Waals surface area contributed by atoms with Crippen molar-refractivity contribution in [3.05, 3.63) is 83.4 Å². The summed E-state index contributed by atoms with van der Waals surface area (Å²) in [5.41, 5.74) is 3.08. The molecule has 6 nitrogen and oxygen atoms in total. The molecule has 0 spiro atoms. The van der Waals surface area contributed by atoms with Crippen molar-refractivity contribution in [2.45, 2.75) is 25.8 Å². The second kappa shape index (κ2) is 10.1. The first kappa shape index (κ1) is 24.4. The molecule has 192 valence electrons. The lowest BCUT2D eigenvalue weighted by atomic mass is 9.88. The van der Waals surface area contributed by atoms with Crippen LogP contribution in [0.1, 0.15) is 29.3 Å². The van der Waals surface area contributed by atoms with E-state index in [1.807, 2.05) is 49.5 Å². The zero-order chi connectivity index (χ0) is 26.2. The number of carbonyl (C=O) groups excluding carboxylic acids is 1. The summed E-state index contributed by atoms with van der Waals surface area (Å²) in [6.45, 7) is 3.26. The molecule has 2 aromatic heterocycles. The Bertz CT molecular complexity index is 1640. The number of aromatic amines is 1. The van der Waals surface area contributed by atoms with Crippen molar-refractivity contribution in [1.29, 1.82) is 0 Å². The summed E-state index contributed by atoms with van der Waals surface area (Å²) in [5.74, 6) is -1.25. The van der Waals surface area contributed by atoms with Gasteiger partial charge in [-0.1, -0.05) is 18.2 Å². The topological polar surface area (TPSA) is 73.7 Å². The van der Waals surface area contributed by atoms with Gasteiger partial charge >= 0.3 is 0 Å². The number of hydrogen-bond acceptors (Lipinski definition) is 4. The molecule has 0 radical (unpaired) electrons. The van der Waals surface area contributed by atoms with Gasteiger partial charge in [0.25, 0.3) is 5.91 Å². The monoisotopic (exact) mass is 530 g/mol. The van der Waals surface area contributed by atoms with Gasteiger partial charge in [-0.05, 0) is 55.3 Å². The largest absolute Gasteiger partial charge is 0.343 e. The lowest BCUT2D eigenvalue weighted by Crippen LogP contribution is -2.48. The molecule has 3 heterocycles. The van der Waals surface area contributed by atoms with Gasteiger partial charge in [-0.2, -0.15) is 5.10 Å². The second-order valence-corrected chi connectivity index (χ2v) is 10.7. The van der Waals surface area contributed by atoms with Crippen molar-refractivity contribution in [2.75, 3.05) is 13.1 Å². The van der Waals surface area contributed by atoms with E-state index in [0.717, 1.165) is 26.1 Å². The van der Waals surface area contributed by atoms with Crippen molar-refractivity contribution < 1.29 is 18.2 Å². The van der Waals surface area contributed by atoms with Crippen LogP contribution in [0.4, 0.5) is 8.78 Å². The van der Waals surface area contributed by atoms with Gasteiger partial charge in [-0.25, -0.2) is 18.3 Å². The van der Waals surface area contributed by atoms with Crippen molar-refractivity contribution >= 4 is 44.6 Å². The Labute approximate surface area is 222 Å². The summed E-state index contributed by atoms with van der Waals surface area (Å²) in [7, 11) is 0. The average Bonchev–Trinajstić information content (AvgIpc) is 3.54. The van der Waals surface area contributed by atoms with Crippen LogP contribution in [0.5, 0.6) is 0 Å². The van der Waals surface area contributed by atoms with E-state index in [1.165, 1.54) is 18.2 Å². The van der Waals surface area contributed by atoms with Gasteiger partial charge in [0, 0.05) is 29.4 Å². The van der Waals surface area contributed by atoms with Gasteiger partial charge in [-0.3, -0.25) is 9.89 Å². The lowest BCUT2D eigenvalue weighted by Gasteiger charge is -2.28. The molecule has 0 aliphatic carbocycles. The summed E-state index contributed by atoms with van der Waals surface area (Å²) in [5, 5.41) is 12.3. The molecule has 9 heteroatoms. The predicted molar refractivity (Wildman–Crippen MR) is 146 cm³/mol. The summed E-state index contributed by atoms with van der Waals surface area (Å²) in [6.07, 6.45) is 2.88. The van der Waals surface area contributed by atoms with Crippen LogP contribution in [0, 0.1) is 17.6 Å². The molecule has 5 aromatic rings. The van der Waals surface area contributed by atoms with E-state index in [4.69, 9.17) is 4.98 Å². The van der Waals surface area contributed by atoms with Crippen LogP contribution in [0.25, 0.3) is 31.8 Å². The van der Waals surface area contributed by atoms with Gasteiger partial charge < -0.3 is 5.32 Å². The number of benzene rings is 3. The number of thiazole rings is 1. The van der Waals surface area contributed by atoms with Gasteiger partial charge in [0.1, 0.15) is 35.1 Å². The van der Waals surface area contributed by atoms with Crippen LogP contribution < -0.4 is 5.32 Å². The number of nitrogens with one attached hydrogen (secondary N) is 2. The first-order valence-electron chi connectivity index (χ1n) is 12.6. The van der Waals surface area contributed by atoms with Crippen molar-refractivity contribution in [2.24, 2.45) is 5.92 Å². The molecule has 0 saturated carbocycles. The molecule has 2 N–H and O–H groups in total. The number of rotatable bonds is 5. The van der Waals surface area contributed by atoms with E-state index in [9.17, 15) is 13.6 Å². The van der Waals surface area contributed by atoms with Gasteiger partial charge in [0.15, 0.2) is 6.54 Å². The first-order valence-corrected chi connectivity index (χ1v) is 13.4. The smallest absolute Gasteiger partial charge is 0.251 e. The second-order valence-electron chi connectivity index (χ2n) is 9.71. The van der Waals surface area contributed by atoms with Crippen LogP contribution in [0.15, 0.2) is 60.7 Å². The molecule has 1 aliphatic rings. The maximum atomic E-state index is 14.3. The van der Waals surface area contributed by atoms with Crippen LogP contribution in [-0.4, -0.2) is 51.0 Å². The summed E-state index contributed by atoms with van der Waals surface area (Å²) in [6, 6.07) is 17.2. The SMILES string of the molecule is CC=[N+]1CC(Cc2c(F)cccc2F)CC(NC(=O)c2ccc3[nH]nc(-c4nc5ccccc5s4)c3c2)C1. The number of halogens is 2. The molecular formula is C29H26F2N5OS+. The number of amides is 1. The Morgan fingerprint density at radius 2 is 1.95 bits per heavy atom. The zero-order valence-corrected chi connectivity index (χ0v) is 21.6. The van der Waals surface area contributed by atoms with Gasteiger partial charge in [0.05, 0.1) is 21.8 Å². The van der Waals surface area contributed by atoms with Crippen LogP contribution >= 0.6 is 11.3 Å². The first-order chi connectivity index (χ1) is 18.5. The summed E-state index contributed by atoms with van der Waals surface area (Å²) in [4.78, 5) is 18.1. The van der Waals surface area contributed by atoms with Gasteiger partial charge in [0.2, 0.25) is 0 Å². The number of fused-ring (bicyclic) bond motifs is 2. The number of carbonyl (C=O) groups is 1. The Morgan fingerprint density at radius 3 is 2.74 bits per heavy atom. The van der Waals surface area contributed by atoms with Crippen LogP contribution in [0.2, 0.25) is 0 Å². The number of hydrogen-bond donors (Lipinski definition) is 2. The number of nitrogens with zero attached hydrogens (tertiary/aromatic N) is 3. The Morgan fingerprint density at radius 1 is 1.13 bits per heavy atom. The van der Waals surface area contributed by atoms with E-state index in [0.29, 0.717) is 30.8 Å². The number of H-pyrrole nitrogens is 1. The van der Waals surface area contributed by atoms with Gasteiger partial charge in [-0.15, -0.1) is 11.3 Å². The van der Waals surface area contributed by atoms with Crippen molar-refractivity contribution in [3.8, 4) is 10.7 Å². The minimum atomic E-state index is -0.527. The fourth-order valence-electron chi connectivity index (χ4n) is 5.28. The Hall–Kier alpha value is -3.98. The molecular weight excluding hydrogens is 504 g/mol. The minimum Gasteiger partial charge on any atom is -0.343 e. The maximum absolute atomic E-state index is 14.3. The lowest BCUT2D eigenvalue weighted by molar-refractivity contribution is -0.544. The molecule has 0 bridgehead atoms. The van der Waals surface area contributed by atoms with E-state index >= 15 is 0 Å². The van der Waals surface area contributed by atoms with E-state index < -0.39 is 11.6 Å². The highest BCUT2D eigenvalue weighted by molar-refractivity contribution is 7.21. The third-order valence-corrected chi connectivity index (χ3v) is 8.18. The highest BCUT2D eigenvalue weighted by atomic mass is 32.1. The number of aromatic nitrogens is 3. The quantitative estimate of drug-likeness (QED) is 0.291. The zero-order valence-electron chi connectivity index (χ0n) is 20.7. The third-order valence-electron chi connectivity index (χ3n) is 7.14. The van der Waals surface area contributed by atoms with E-state index in [1.54, 1.807) is 17.4 Å². The average molecular weight is 531 g/mol. The molecule has 1 aliphatic heterocycles. The molecule has 1 fully saturated rings. The minimum absolute atomic E-state index is 0.00126. The molecule has 6 rings (SSSR count). The highest BCUT2D eigenvalue weighted by Crippen LogP contribution is 2.33. The third kappa shape index (κ3) is 4.69. The number of piperidine rings is 1. The molecule has 38 heavy (non-hydrogen) atoms. The molecule has 2 unspecified atom stereocenters. The van der Waals surface area contributed by atoms with E-state index in [2.05, 4.69) is 20.1 Å². The highest BCUT2D eigenvalue weighted by Gasteiger charge is 2.32. The number of para-hydroxylation sites is 1.